The van der Waals surface area contributed by atoms with Gasteiger partial charge in [-0.15, -0.1) is 0 Å². The largest absolute Gasteiger partial charge is 0.369 e. The van der Waals surface area contributed by atoms with Crippen molar-refractivity contribution < 1.29 is 4.79 Å². The van der Waals surface area contributed by atoms with Crippen LogP contribution in [0.25, 0.3) is 0 Å². The van der Waals surface area contributed by atoms with Gasteiger partial charge in [0.25, 0.3) is 0 Å². The first-order chi connectivity index (χ1) is 6.99. The van der Waals surface area contributed by atoms with Crippen molar-refractivity contribution in [2.45, 2.75) is 34.1 Å². The zero-order valence-electron chi connectivity index (χ0n) is 10.3. The van der Waals surface area contributed by atoms with Crippen LogP contribution in [0, 0.1) is 5.92 Å². The zero-order valence-corrected chi connectivity index (χ0v) is 10.3. The van der Waals surface area contributed by atoms with Crippen molar-refractivity contribution in [2.75, 3.05) is 0 Å². The molecule has 0 fully saturated rings. The maximum absolute atomic E-state index is 9.92. The second-order valence-corrected chi connectivity index (χ2v) is 3.39. The number of hydrogen-bond acceptors (Lipinski definition) is 1. The predicted molar refractivity (Wildman–Crippen MR) is 67.4 cm³/mol. The van der Waals surface area contributed by atoms with E-state index in [1.165, 1.54) is 5.57 Å². The molecule has 2 nitrogen and oxygen atoms in total. The molecule has 0 radical (unpaired) electrons. The van der Waals surface area contributed by atoms with Crippen molar-refractivity contribution in [2.24, 2.45) is 11.7 Å². The summed E-state index contributed by atoms with van der Waals surface area (Å²) in [6.07, 6.45) is 9.07. The van der Waals surface area contributed by atoms with Crippen LogP contribution < -0.4 is 5.73 Å². The van der Waals surface area contributed by atoms with Gasteiger partial charge >= 0.3 is 0 Å². The number of allylic oxidation sites excluding steroid dienone is 5. The van der Waals surface area contributed by atoms with Crippen molar-refractivity contribution in [1.29, 1.82) is 0 Å². The van der Waals surface area contributed by atoms with E-state index in [4.69, 9.17) is 5.73 Å². The maximum Gasteiger partial charge on any atom is 0.219 e. The third-order valence-corrected chi connectivity index (χ3v) is 1.69. The van der Waals surface area contributed by atoms with Gasteiger partial charge in [-0.3, -0.25) is 4.79 Å². The molecule has 0 aromatic heterocycles. The average molecular weight is 209 g/mol. The number of carbonyl (C=O) groups is 1. The molecule has 0 spiro atoms. The van der Waals surface area contributed by atoms with E-state index in [0.717, 1.165) is 6.42 Å². The molecule has 0 saturated carbocycles. The van der Waals surface area contributed by atoms with E-state index in [-0.39, 0.29) is 11.8 Å². The van der Waals surface area contributed by atoms with Gasteiger partial charge in [-0.2, -0.15) is 0 Å². The van der Waals surface area contributed by atoms with Gasteiger partial charge in [-0.1, -0.05) is 51.7 Å². The second kappa shape index (κ2) is 10.8. The lowest BCUT2D eigenvalue weighted by molar-refractivity contribution is -0.120. The van der Waals surface area contributed by atoms with Crippen molar-refractivity contribution in [1.82, 2.24) is 0 Å². The summed E-state index contributed by atoms with van der Waals surface area (Å²) in [5, 5.41) is 0. The highest BCUT2D eigenvalue weighted by Crippen LogP contribution is 2.01. The lowest BCUT2D eigenvalue weighted by Crippen LogP contribution is -2.17. The molecule has 1 amide bonds. The molecule has 2 heteroatoms. The molecule has 0 rings (SSSR count). The third-order valence-electron chi connectivity index (χ3n) is 1.69. The molecular formula is C13H23NO. The highest BCUT2D eigenvalue weighted by molar-refractivity contribution is 5.75. The number of hydrogen-bond donors (Lipinski definition) is 1. The van der Waals surface area contributed by atoms with Gasteiger partial charge in [0.15, 0.2) is 0 Å². The Morgan fingerprint density at radius 1 is 1.47 bits per heavy atom. The molecule has 86 valence electrons. The van der Waals surface area contributed by atoms with Crippen LogP contribution in [0.5, 0.6) is 0 Å². The van der Waals surface area contributed by atoms with Crippen molar-refractivity contribution >= 4 is 5.91 Å². The number of primary amides is 1. The smallest absolute Gasteiger partial charge is 0.219 e. The molecule has 0 heterocycles. The van der Waals surface area contributed by atoms with Crippen LogP contribution in [-0.4, -0.2) is 5.91 Å². The SMILES string of the molecule is C=C/C=C(\C=C/C)CC.CC(C)C(N)=O. The van der Waals surface area contributed by atoms with Gasteiger partial charge in [0.1, 0.15) is 0 Å². The quantitative estimate of drug-likeness (QED) is 0.710. The van der Waals surface area contributed by atoms with Gasteiger partial charge in [0.2, 0.25) is 5.91 Å². The predicted octanol–water partition coefficient (Wildman–Crippen LogP) is 3.21. The molecule has 0 atom stereocenters. The Kier molecular flexibility index (Phi) is 11.6. The molecule has 15 heavy (non-hydrogen) atoms. The fourth-order valence-electron chi connectivity index (χ4n) is 0.657. The lowest BCUT2D eigenvalue weighted by Gasteiger charge is -1.90. The van der Waals surface area contributed by atoms with E-state index in [1.54, 1.807) is 13.8 Å². The van der Waals surface area contributed by atoms with Crippen LogP contribution >= 0.6 is 0 Å². The lowest BCUT2D eigenvalue weighted by atomic mass is 10.2. The minimum Gasteiger partial charge on any atom is -0.369 e. The van der Waals surface area contributed by atoms with E-state index in [0.29, 0.717) is 0 Å². The Bertz CT molecular complexity index is 237. The van der Waals surface area contributed by atoms with Crippen molar-refractivity contribution in [3.63, 3.8) is 0 Å². The van der Waals surface area contributed by atoms with Gasteiger partial charge < -0.3 is 5.73 Å². The summed E-state index contributed by atoms with van der Waals surface area (Å²) >= 11 is 0. The van der Waals surface area contributed by atoms with Gasteiger partial charge in [0.05, 0.1) is 0 Å². The molecule has 0 aromatic rings. The van der Waals surface area contributed by atoms with Gasteiger partial charge in [-0.05, 0) is 18.9 Å². The second-order valence-electron chi connectivity index (χ2n) is 3.39. The molecule has 0 aliphatic carbocycles. The van der Waals surface area contributed by atoms with Crippen molar-refractivity contribution in [3.05, 3.63) is 36.5 Å². The normalized spacial score (nSPS) is 11.1. The van der Waals surface area contributed by atoms with Crippen LogP contribution in [0.3, 0.4) is 0 Å². The zero-order chi connectivity index (χ0) is 12.3. The summed E-state index contributed by atoms with van der Waals surface area (Å²) in [6, 6.07) is 0. The minimum absolute atomic E-state index is 0.00926. The summed E-state index contributed by atoms with van der Waals surface area (Å²) in [5.41, 5.74) is 6.12. The monoisotopic (exact) mass is 209 g/mol. The summed E-state index contributed by atoms with van der Waals surface area (Å²) < 4.78 is 0. The first-order valence-electron chi connectivity index (χ1n) is 5.23. The number of carbonyl (C=O) groups excluding carboxylic acids is 1. The molecule has 0 aromatic carbocycles. The summed E-state index contributed by atoms with van der Waals surface area (Å²) in [5.74, 6) is -0.250. The molecule has 0 aliphatic rings. The van der Waals surface area contributed by atoms with E-state index in [1.807, 2.05) is 25.2 Å². The Balaban J connectivity index is 0. The first-order valence-corrected chi connectivity index (χ1v) is 5.23. The highest BCUT2D eigenvalue weighted by atomic mass is 16.1. The van der Waals surface area contributed by atoms with Crippen LogP contribution in [0.2, 0.25) is 0 Å². The van der Waals surface area contributed by atoms with Crippen LogP contribution in [0.1, 0.15) is 34.1 Å². The Hall–Kier alpha value is -1.31. The maximum atomic E-state index is 9.92. The number of nitrogens with two attached hydrogens (primary N) is 1. The van der Waals surface area contributed by atoms with Gasteiger partial charge in [0, 0.05) is 5.92 Å². The number of rotatable bonds is 4. The van der Waals surface area contributed by atoms with E-state index in [9.17, 15) is 4.79 Å². The fraction of sp³-hybridized carbons (Fsp3) is 0.462. The molecule has 0 unspecified atom stereocenters. The Morgan fingerprint density at radius 3 is 2.13 bits per heavy atom. The summed E-state index contributed by atoms with van der Waals surface area (Å²) in [4.78, 5) is 9.92. The topological polar surface area (TPSA) is 43.1 Å². The van der Waals surface area contributed by atoms with Crippen LogP contribution in [0.4, 0.5) is 0 Å². The summed E-state index contributed by atoms with van der Waals surface area (Å²) in [6.45, 7) is 11.3. The van der Waals surface area contributed by atoms with Crippen molar-refractivity contribution in [3.8, 4) is 0 Å². The molecule has 0 saturated heterocycles. The van der Waals surface area contributed by atoms with E-state index in [2.05, 4.69) is 19.6 Å². The molecule has 2 N–H and O–H groups in total. The van der Waals surface area contributed by atoms with Crippen LogP contribution in [-0.2, 0) is 4.79 Å². The minimum atomic E-state index is -0.241. The standard InChI is InChI=1S/C9H14.C4H9NO/c1-4-7-9(6-3)8-5-2;1-3(2)4(5)6/h4-5,7-8H,1,6H2,2-3H3;3H,1-2H3,(H2,5,6)/b8-5-,9-7-;. The third kappa shape index (κ3) is 12.7. The van der Waals surface area contributed by atoms with E-state index < -0.39 is 0 Å². The Labute approximate surface area is 93.6 Å². The molecular weight excluding hydrogens is 186 g/mol. The van der Waals surface area contributed by atoms with E-state index >= 15 is 0 Å². The first kappa shape index (κ1) is 16.1. The fourth-order valence-corrected chi connectivity index (χ4v) is 0.657. The number of amides is 1. The molecule has 0 bridgehead atoms. The summed E-state index contributed by atoms with van der Waals surface area (Å²) in [7, 11) is 0. The van der Waals surface area contributed by atoms with Crippen LogP contribution in [0.15, 0.2) is 36.5 Å². The molecule has 0 aliphatic heterocycles. The average Bonchev–Trinajstić information content (AvgIpc) is 2.18. The Morgan fingerprint density at radius 2 is 1.93 bits per heavy atom. The highest BCUT2D eigenvalue weighted by Gasteiger charge is 1.96. The van der Waals surface area contributed by atoms with Gasteiger partial charge in [-0.25, -0.2) is 0 Å².